The summed E-state index contributed by atoms with van der Waals surface area (Å²) in [4.78, 5) is 0. The largest absolute Gasteiger partial charge is 0.354 e. The molecule has 0 amide bonds. The first kappa shape index (κ1) is 14.5. The molecule has 0 aliphatic heterocycles. The molecular weight excluding hydrogens is 238 g/mol. The second-order valence-electron chi connectivity index (χ2n) is 5.58. The first-order valence-electron chi connectivity index (χ1n) is 7.27. The Morgan fingerprint density at radius 1 is 0.947 bits per heavy atom. The van der Waals surface area contributed by atoms with Gasteiger partial charge in [0.15, 0.2) is 0 Å². The summed E-state index contributed by atoms with van der Waals surface area (Å²) in [7, 11) is 0. The third-order valence-corrected chi connectivity index (χ3v) is 3.77. The van der Waals surface area contributed by atoms with E-state index in [1.807, 2.05) is 18.2 Å². The summed E-state index contributed by atoms with van der Waals surface area (Å²) in [6.45, 7) is 1.54. The summed E-state index contributed by atoms with van der Waals surface area (Å²) in [5, 5.41) is 0. The standard InChI is InChI=1S/C16H25NO2/c17-16(10-6-1-2-7-11-16)13-19-14-18-12-15-8-4-3-5-9-15/h3-5,8-9H,1-2,6-7,10-14,17H2. The predicted molar refractivity (Wildman–Crippen MR) is 76.7 cm³/mol. The Hall–Kier alpha value is -0.900. The lowest BCUT2D eigenvalue weighted by Crippen LogP contribution is -2.44. The van der Waals surface area contributed by atoms with Crippen molar-refractivity contribution in [3.63, 3.8) is 0 Å². The fourth-order valence-corrected chi connectivity index (χ4v) is 2.61. The van der Waals surface area contributed by atoms with E-state index in [4.69, 9.17) is 15.2 Å². The van der Waals surface area contributed by atoms with E-state index in [2.05, 4.69) is 12.1 Å². The molecule has 1 fully saturated rings. The number of hydrogen-bond acceptors (Lipinski definition) is 3. The molecule has 1 aromatic rings. The van der Waals surface area contributed by atoms with E-state index in [0.717, 1.165) is 12.8 Å². The van der Waals surface area contributed by atoms with Crippen LogP contribution in [0.25, 0.3) is 0 Å². The van der Waals surface area contributed by atoms with Crippen LogP contribution < -0.4 is 5.73 Å². The summed E-state index contributed by atoms with van der Waals surface area (Å²) in [6.07, 6.45) is 7.22. The molecule has 1 aliphatic carbocycles. The van der Waals surface area contributed by atoms with Gasteiger partial charge in [-0.3, -0.25) is 0 Å². The van der Waals surface area contributed by atoms with E-state index in [-0.39, 0.29) is 5.54 Å². The normalized spacial score (nSPS) is 19.0. The molecule has 3 nitrogen and oxygen atoms in total. The Morgan fingerprint density at radius 3 is 2.32 bits per heavy atom. The van der Waals surface area contributed by atoms with Crippen LogP contribution in [-0.2, 0) is 16.1 Å². The Bertz CT molecular complexity index is 345. The fraction of sp³-hybridized carbons (Fsp3) is 0.625. The summed E-state index contributed by atoms with van der Waals surface area (Å²) in [5.41, 5.74) is 7.41. The van der Waals surface area contributed by atoms with E-state index in [1.165, 1.54) is 31.2 Å². The van der Waals surface area contributed by atoms with Crippen molar-refractivity contribution < 1.29 is 9.47 Å². The van der Waals surface area contributed by atoms with Crippen molar-refractivity contribution in [3.05, 3.63) is 35.9 Å². The highest BCUT2D eigenvalue weighted by molar-refractivity contribution is 5.13. The molecule has 2 rings (SSSR count). The minimum absolute atomic E-state index is 0.132. The van der Waals surface area contributed by atoms with Crippen LogP contribution in [0.1, 0.15) is 44.1 Å². The molecule has 0 bridgehead atoms. The van der Waals surface area contributed by atoms with Gasteiger partial charge in [-0.2, -0.15) is 0 Å². The topological polar surface area (TPSA) is 44.5 Å². The van der Waals surface area contributed by atoms with Gasteiger partial charge in [0.05, 0.1) is 13.2 Å². The summed E-state index contributed by atoms with van der Waals surface area (Å²) >= 11 is 0. The molecule has 0 heterocycles. The lowest BCUT2D eigenvalue weighted by atomic mass is 9.93. The van der Waals surface area contributed by atoms with E-state index >= 15 is 0 Å². The number of rotatable bonds is 6. The van der Waals surface area contributed by atoms with E-state index in [9.17, 15) is 0 Å². The van der Waals surface area contributed by atoms with Crippen molar-refractivity contribution >= 4 is 0 Å². The highest BCUT2D eigenvalue weighted by Crippen LogP contribution is 2.25. The first-order chi connectivity index (χ1) is 9.29. The average Bonchev–Trinajstić information content (AvgIpc) is 2.65. The molecule has 0 saturated heterocycles. The zero-order valence-electron chi connectivity index (χ0n) is 11.6. The zero-order chi connectivity index (χ0) is 13.4. The molecule has 3 heteroatoms. The lowest BCUT2D eigenvalue weighted by molar-refractivity contribution is -0.0767. The van der Waals surface area contributed by atoms with Gasteiger partial charge >= 0.3 is 0 Å². The Kier molecular flexibility index (Phi) is 5.83. The van der Waals surface area contributed by atoms with E-state index in [0.29, 0.717) is 20.0 Å². The molecule has 2 N–H and O–H groups in total. The van der Waals surface area contributed by atoms with Gasteiger partial charge < -0.3 is 15.2 Å². The maximum Gasteiger partial charge on any atom is 0.147 e. The molecule has 19 heavy (non-hydrogen) atoms. The second-order valence-corrected chi connectivity index (χ2v) is 5.58. The fourth-order valence-electron chi connectivity index (χ4n) is 2.61. The maximum absolute atomic E-state index is 6.37. The molecular formula is C16H25NO2. The van der Waals surface area contributed by atoms with E-state index < -0.39 is 0 Å². The minimum Gasteiger partial charge on any atom is -0.354 e. The van der Waals surface area contributed by atoms with Gasteiger partial charge in [-0.1, -0.05) is 56.0 Å². The molecule has 0 aromatic heterocycles. The van der Waals surface area contributed by atoms with Gasteiger partial charge in [-0.25, -0.2) is 0 Å². The molecule has 1 saturated carbocycles. The Balaban J connectivity index is 1.61. The van der Waals surface area contributed by atoms with Crippen molar-refractivity contribution in [2.24, 2.45) is 5.73 Å². The van der Waals surface area contributed by atoms with Crippen LogP contribution in [0.3, 0.4) is 0 Å². The van der Waals surface area contributed by atoms with Gasteiger partial charge in [0.25, 0.3) is 0 Å². The quantitative estimate of drug-likeness (QED) is 0.487. The molecule has 106 valence electrons. The van der Waals surface area contributed by atoms with Gasteiger partial charge in [0, 0.05) is 5.54 Å². The predicted octanol–water partition coefficient (Wildman–Crippen LogP) is 3.23. The zero-order valence-corrected chi connectivity index (χ0v) is 11.6. The van der Waals surface area contributed by atoms with Crippen LogP contribution in [0.2, 0.25) is 0 Å². The Labute approximate surface area is 116 Å². The van der Waals surface area contributed by atoms with Crippen LogP contribution in [-0.4, -0.2) is 18.9 Å². The highest BCUT2D eigenvalue weighted by atomic mass is 16.7. The third-order valence-electron chi connectivity index (χ3n) is 3.77. The second kappa shape index (κ2) is 7.63. The Morgan fingerprint density at radius 2 is 1.63 bits per heavy atom. The van der Waals surface area contributed by atoms with Gasteiger partial charge in [0.1, 0.15) is 6.79 Å². The average molecular weight is 263 g/mol. The number of nitrogens with two attached hydrogens (primary N) is 1. The molecule has 0 radical (unpaired) electrons. The first-order valence-corrected chi connectivity index (χ1v) is 7.27. The molecule has 0 unspecified atom stereocenters. The molecule has 1 aromatic carbocycles. The maximum atomic E-state index is 6.37. The molecule has 0 spiro atoms. The summed E-state index contributed by atoms with van der Waals surface area (Å²) in [6, 6.07) is 10.1. The molecule has 0 atom stereocenters. The highest BCUT2D eigenvalue weighted by Gasteiger charge is 2.26. The monoisotopic (exact) mass is 263 g/mol. The van der Waals surface area contributed by atoms with Crippen molar-refractivity contribution in [2.75, 3.05) is 13.4 Å². The van der Waals surface area contributed by atoms with Crippen molar-refractivity contribution in [1.29, 1.82) is 0 Å². The van der Waals surface area contributed by atoms with Crippen LogP contribution >= 0.6 is 0 Å². The van der Waals surface area contributed by atoms with Crippen molar-refractivity contribution in [1.82, 2.24) is 0 Å². The smallest absolute Gasteiger partial charge is 0.147 e. The van der Waals surface area contributed by atoms with Gasteiger partial charge in [-0.05, 0) is 18.4 Å². The third kappa shape index (κ3) is 5.31. The van der Waals surface area contributed by atoms with Crippen molar-refractivity contribution in [3.8, 4) is 0 Å². The van der Waals surface area contributed by atoms with Crippen molar-refractivity contribution in [2.45, 2.75) is 50.7 Å². The molecule has 1 aliphatic rings. The van der Waals surface area contributed by atoms with E-state index in [1.54, 1.807) is 0 Å². The number of ether oxygens (including phenoxy) is 2. The SMILES string of the molecule is NC1(COCOCc2ccccc2)CCCCCC1. The number of hydrogen-bond donors (Lipinski definition) is 1. The van der Waals surface area contributed by atoms with Gasteiger partial charge in [0.2, 0.25) is 0 Å². The minimum atomic E-state index is -0.132. The van der Waals surface area contributed by atoms with Crippen LogP contribution in [0, 0.1) is 0 Å². The van der Waals surface area contributed by atoms with Crippen LogP contribution in [0.4, 0.5) is 0 Å². The summed E-state index contributed by atoms with van der Waals surface area (Å²) in [5.74, 6) is 0. The van der Waals surface area contributed by atoms with Gasteiger partial charge in [-0.15, -0.1) is 0 Å². The lowest BCUT2D eigenvalue weighted by Gasteiger charge is -2.27. The number of benzene rings is 1. The van der Waals surface area contributed by atoms with Crippen LogP contribution in [0.15, 0.2) is 30.3 Å². The summed E-state index contributed by atoms with van der Waals surface area (Å²) < 4.78 is 11.1. The van der Waals surface area contributed by atoms with Crippen LogP contribution in [0.5, 0.6) is 0 Å².